The van der Waals surface area contributed by atoms with Crippen LogP contribution in [-0.4, -0.2) is 28.1 Å². The number of allylic oxidation sites excluding steroid dienone is 1. The van der Waals surface area contributed by atoms with Crippen LogP contribution in [0.3, 0.4) is 0 Å². The highest BCUT2D eigenvalue weighted by atomic mass is 16.4. The molecule has 1 atom stereocenters. The van der Waals surface area contributed by atoms with Crippen LogP contribution in [0.2, 0.25) is 0 Å². The number of hydrogen-bond donors (Lipinski definition) is 1. The minimum atomic E-state index is -1.30. The lowest BCUT2D eigenvalue weighted by Crippen LogP contribution is -2.41. The molecule has 2 heterocycles. The molecule has 0 saturated carbocycles. The van der Waals surface area contributed by atoms with E-state index < -0.39 is 5.41 Å². The average molecular weight is 335 g/mol. The van der Waals surface area contributed by atoms with Gasteiger partial charge in [-0.1, -0.05) is 30.3 Å². The molecule has 0 saturated heterocycles. The van der Waals surface area contributed by atoms with Crippen molar-refractivity contribution in [1.82, 2.24) is 9.88 Å². The van der Waals surface area contributed by atoms with Gasteiger partial charge in [0.1, 0.15) is 5.69 Å². The van der Waals surface area contributed by atoms with Gasteiger partial charge in [-0.2, -0.15) is 4.98 Å². The number of benzene rings is 1. The molecule has 2 aliphatic rings. The number of Topliss-reactive ketones (excluding diaryl/α,β-unsaturated/α-hetero) is 1. The van der Waals surface area contributed by atoms with Gasteiger partial charge in [0.2, 0.25) is 5.91 Å². The zero-order valence-electron chi connectivity index (χ0n) is 14.0. The van der Waals surface area contributed by atoms with Gasteiger partial charge in [-0.3, -0.25) is 9.59 Å². The van der Waals surface area contributed by atoms with Gasteiger partial charge < -0.3 is 15.1 Å². The molecule has 6 nitrogen and oxygen atoms in total. The quantitative estimate of drug-likeness (QED) is 0.870. The number of carbonyl (C=O) groups is 2. The summed E-state index contributed by atoms with van der Waals surface area (Å²) in [6.45, 7) is 7.27. The summed E-state index contributed by atoms with van der Waals surface area (Å²) < 4.78 is 5.59. The van der Waals surface area contributed by atoms with Gasteiger partial charge in [-0.15, -0.1) is 6.58 Å². The van der Waals surface area contributed by atoms with Crippen LogP contribution in [0.5, 0.6) is 0 Å². The van der Waals surface area contributed by atoms with Gasteiger partial charge in [0.25, 0.3) is 6.01 Å². The summed E-state index contributed by atoms with van der Waals surface area (Å²) in [5.74, 6) is 0.0460. The van der Waals surface area contributed by atoms with Crippen molar-refractivity contribution >= 4 is 17.7 Å². The summed E-state index contributed by atoms with van der Waals surface area (Å²) in [6.07, 6.45) is 1.64. The summed E-state index contributed by atoms with van der Waals surface area (Å²) in [5.41, 5.74) is 7.34. The van der Waals surface area contributed by atoms with Gasteiger partial charge in [-0.25, -0.2) is 0 Å². The highest BCUT2D eigenvalue weighted by Crippen LogP contribution is 2.57. The lowest BCUT2D eigenvalue weighted by Gasteiger charge is -2.26. The Kier molecular flexibility index (Phi) is 3.03. The molecule has 1 spiro atoms. The van der Waals surface area contributed by atoms with Gasteiger partial charge in [0.05, 0.1) is 0 Å². The fraction of sp³-hybridized carbons (Fsp3) is 0.211. The Hall–Kier alpha value is -3.15. The highest BCUT2D eigenvalue weighted by Gasteiger charge is 2.62. The zero-order valence-corrected chi connectivity index (χ0v) is 14.0. The number of ketones is 1. The summed E-state index contributed by atoms with van der Waals surface area (Å²) in [7, 11) is 0. The predicted molar refractivity (Wildman–Crippen MR) is 92.4 cm³/mol. The summed E-state index contributed by atoms with van der Waals surface area (Å²) in [6, 6.07) is 7.37. The highest BCUT2D eigenvalue weighted by molar-refractivity contribution is 6.15. The number of fused-ring (bicyclic) bond motifs is 5. The number of hydrogen-bond acceptors (Lipinski definition) is 5. The maximum Gasteiger partial charge on any atom is 0.292 e. The van der Waals surface area contributed by atoms with E-state index in [0.717, 1.165) is 5.56 Å². The topological polar surface area (TPSA) is 89.4 Å². The van der Waals surface area contributed by atoms with E-state index in [4.69, 9.17) is 10.2 Å². The van der Waals surface area contributed by atoms with Crippen molar-refractivity contribution in [2.24, 2.45) is 0 Å². The summed E-state index contributed by atoms with van der Waals surface area (Å²) in [4.78, 5) is 32.0. The van der Waals surface area contributed by atoms with Crippen molar-refractivity contribution in [3.05, 3.63) is 59.4 Å². The minimum absolute atomic E-state index is 0.0191. The number of amides is 1. The van der Waals surface area contributed by atoms with E-state index in [1.54, 1.807) is 17.9 Å². The Morgan fingerprint density at radius 2 is 2.16 bits per heavy atom. The Balaban J connectivity index is 2.14. The molecule has 2 aromatic rings. The molecule has 1 aliphatic carbocycles. The van der Waals surface area contributed by atoms with E-state index >= 15 is 0 Å². The number of rotatable bonds is 3. The minimum Gasteiger partial charge on any atom is -0.423 e. The molecule has 126 valence electrons. The van der Waals surface area contributed by atoms with Crippen molar-refractivity contribution < 1.29 is 14.0 Å². The Bertz CT molecular complexity index is 986. The van der Waals surface area contributed by atoms with Crippen LogP contribution < -0.4 is 5.73 Å². The molecule has 0 unspecified atom stereocenters. The van der Waals surface area contributed by atoms with Crippen molar-refractivity contribution in [1.29, 1.82) is 0 Å². The molecule has 1 aliphatic heterocycles. The Morgan fingerprint density at radius 1 is 1.44 bits per heavy atom. The third-order valence-electron chi connectivity index (χ3n) is 4.95. The van der Waals surface area contributed by atoms with Crippen LogP contribution in [0.1, 0.15) is 25.1 Å². The van der Waals surface area contributed by atoms with E-state index in [-0.39, 0.29) is 17.7 Å². The largest absolute Gasteiger partial charge is 0.423 e. The molecule has 4 rings (SSSR count). The van der Waals surface area contributed by atoms with Gasteiger partial charge in [0, 0.05) is 23.4 Å². The van der Waals surface area contributed by atoms with Crippen molar-refractivity contribution in [2.75, 3.05) is 12.3 Å². The Morgan fingerprint density at radius 3 is 2.84 bits per heavy atom. The molecule has 2 N–H and O–H groups in total. The molecule has 6 heteroatoms. The standard InChI is InChI=1S/C19H17N3O3/c1-4-9-22-10(2)14(11(3)23)19(17(22)24)13-8-6-5-7-12(13)15-16(19)21-18(20)25-15/h4-8H,1,9H2,2-3H3,(H2,20,21)/t19-/m1/s1. The molecule has 1 aromatic heterocycles. The van der Waals surface area contributed by atoms with E-state index in [9.17, 15) is 9.59 Å². The van der Waals surface area contributed by atoms with E-state index in [0.29, 0.717) is 34.8 Å². The van der Waals surface area contributed by atoms with Gasteiger partial charge in [0.15, 0.2) is 17.0 Å². The molecule has 0 fully saturated rings. The first kappa shape index (κ1) is 15.4. The molecule has 1 aromatic carbocycles. The fourth-order valence-corrected chi connectivity index (χ4v) is 4.11. The number of nitrogens with two attached hydrogens (primary N) is 1. The van der Waals surface area contributed by atoms with Crippen LogP contribution >= 0.6 is 0 Å². The molecule has 0 radical (unpaired) electrons. The number of oxazole rings is 1. The number of carbonyl (C=O) groups excluding carboxylic acids is 2. The molecule has 0 bridgehead atoms. The molecule has 25 heavy (non-hydrogen) atoms. The SMILES string of the molecule is C=CCN1C(=O)[C@@]2(C(C(C)=O)=C1C)c1ccccc1-c1oc(N)nc12. The van der Waals surface area contributed by atoms with Crippen molar-refractivity contribution in [2.45, 2.75) is 19.3 Å². The second kappa shape index (κ2) is 4.92. The number of nitrogen functional groups attached to an aromatic ring is 1. The van der Waals surface area contributed by atoms with Crippen LogP contribution in [0.15, 0.2) is 52.6 Å². The Labute approximate surface area is 144 Å². The van der Waals surface area contributed by atoms with E-state index in [2.05, 4.69) is 11.6 Å². The lowest BCUT2D eigenvalue weighted by molar-refractivity contribution is -0.131. The predicted octanol–water partition coefficient (Wildman–Crippen LogP) is 2.41. The number of aromatic nitrogens is 1. The first-order chi connectivity index (χ1) is 11.9. The van der Waals surface area contributed by atoms with E-state index in [1.807, 2.05) is 24.3 Å². The third-order valence-corrected chi connectivity index (χ3v) is 4.95. The molecule has 1 amide bonds. The normalized spacial score (nSPS) is 21.0. The molecular formula is C19H17N3O3. The van der Waals surface area contributed by atoms with E-state index in [1.165, 1.54) is 6.92 Å². The summed E-state index contributed by atoms with van der Waals surface area (Å²) >= 11 is 0. The van der Waals surface area contributed by atoms with Crippen LogP contribution in [0.4, 0.5) is 6.01 Å². The number of nitrogens with zero attached hydrogens (tertiary/aromatic N) is 2. The average Bonchev–Trinajstić information content (AvgIpc) is 3.14. The van der Waals surface area contributed by atoms with Crippen LogP contribution in [0.25, 0.3) is 11.3 Å². The van der Waals surface area contributed by atoms with Gasteiger partial charge in [-0.05, 0) is 19.4 Å². The third kappa shape index (κ3) is 1.66. The van der Waals surface area contributed by atoms with Gasteiger partial charge >= 0.3 is 0 Å². The summed E-state index contributed by atoms with van der Waals surface area (Å²) in [5, 5.41) is 0. The molecular weight excluding hydrogens is 318 g/mol. The smallest absolute Gasteiger partial charge is 0.292 e. The fourth-order valence-electron chi connectivity index (χ4n) is 4.11. The monoisotopic (exact) mass is 335 g/mol. The van der Waals surface area contributed by atoms with Crippen LogP contribution in [-0.2, 0) is 15.0 Å². The first-order valence-corrected chi connectivity index (χ1v) is 7.96. The van der Waals surface area contributed by atoms with Crippen molar-refractivity contribution in [3.8, 4) is 11.3 Å². The lowest BCUT2D eigenvalue weighted by atomic mass is 9.73. The second-order valence-corrected chi connectivity index (χ2v) is 6.25. The zero-order chi connectivity index (χ0) is 17.9. The van der Waals surface area contributed by atoms with Crippen molar-refractivity contribution in [3.63, 3.8) is 0 Å². The maximum atomic E-state index is 13.5. The first-order valence-electron chi connectivity index (χ1n) is 7.96. The number of anilines is 1. The maximum absolute atomic E-state index is 13.5. The van der Waals surface area contributed by atoms with Crippen LogP contribution in [0, 0.1) is 0 Å². The second-order valence-electron chi connectivity index (χ2n) is 6.25.